The monoisotopic (exact) mass is 247 g/mol. The molecule has 1 aromatic rings. The second-order valence-corrected chi connectivity index (χ2v) is 4.72. The molecule has 0 radical (unpaired) electrons. The largest absolute Gasteiger partial charge is 0.313 e. The van der Waals surface area contributed by atoms with E-state index in [0.717, 1.165) is 31.2 Å². The van der Waals surface area contributed by atoms with Crippen LogP contribution in [0.4, 0.5) is 5.69 Å². The fraction of sp³-hybridized carbons (Fsp3) is 0.538. The van der Waals surface area contributed by atoms with Crippen molar-refractivity contribution in [2.75, 3.05) is 0 Å². The summed E-state index contributed by atoms with van der Waals surface area (Å²) in [4.78, 5) is 2.74. The van der Waals surface area contributed by atoms with Crippen molar-refractivity contribution in [1.82, 2.24) is 0 Å². The minimum absolute atomic E-state index is 0.604. The average molecular weight is 247 g/mol. The van der Waals surface area contributed by atoms with Crippen molar-refractivity contribution in [3.05, 3.63) is 40.3 Å². The van der Waals surface area contributed by atoms with Crippen LogP contribution >= 0.6 is 0 Å². The van der Waals surface area contributed by atoms with Gasteiger partial charge in [0.05, 0.1) is 5.66 Å². The fourth-order valence-corrected chi connectivity index (χ4v) is 1.90. The molecule has 0 atom stereocenters. The Labute approximate surface area is 108 Å². The Balaban J connectivity index is 2.57. The Morgan fingerprint density at radius 2 is 1.89 bits per heavy atom. The lowest BCUT2D eigenvalue weighted by Gasteiger charge is -2.24. The molecule has 98 valence electrons. The zero-order valence-electron chi connectivity index (χ0n) is 10.8. The molecular weight excluding hydrogens is 226 g/mol. The maximum atomic E-state index is 8.31. The summed E-state index contributed by atoms with van der Waals surface area (Å²) in [6, 6.07) is 7.35. The SMILES string of the molecule is CCCCCC(N)(N)Cc1ccc(N=[N+]=[N-])cc1. The van der Waals surface area contributed by atoms with E-state index in [-0.39, 0.29) is 0 Å². The number of nitrogens with zero attached hydrogens (tertiary/aromatic N) is 3. The molecule has 0 saturated heterocycles. The van der Waals surface area contributed by atoms with Crippen LogP contribution in [0.5, 0.6) is 0 Å². The Morgan fingerprint density at radius 1 is 1.22 bits per heavy atom. The van der Waals surface area contributed by atoms with Crippen LogP contribution in [0.25, 0.3) is 10.4 Å². The minimum Gasteiger partial charge on any atom is -0.313 e. The molecule has 4 N–H and O–H groups in total. The number of unbranched alkanes of at least 4 members (excludes halogenated alkanes) is 2. The third-order valence-electron chi connectivity index (χ3n) is 2.88. The van der Waals surface area contributed by atoms with Crippen LogP contribution in [-0.2, 0) is 6.42 Å². The number of benzene rings is 1. The Bertz CT molecular complexity index is 404. The van der Waals surface area contributed by atoms with Gasteiger partial charge in [0.2, 0.25) is 0 Å². The van der Waals surface area contributed by atoms with Gasteiger partial charge in [0.1, 0.15) is 0 Å². The highest BCUT2D eigenvalue weighted by atomic mass is 15.1. The number of nitrogens with two attached hydrogens (primary N) is 2. The first-order chi connectivity index (χ1) is 8.57. The predicted molar refractivity (Wildman–Crippen MR) is 74.2 cm³/mol. The molecule has 5 nitrogen and oxygen atoms in total. The van der Waals surface area contributed by atoms with Crippen molar-refractivity contribution in [3.63, 3.8) is 0 Å². The Hall–Kier alpha value is -1.55. The number of rotatable bonds is 7. The summed E-state index contributed by atoms with van der Waals surface area (Å²) < 4.78 is 0. The van der Waals surface area contributed by atoms with Gasteiger partial charge in [-0.3, -0.25) is 0 Å². The van der Waals surface area contributed by atoms with Crippen LogP contribution in [0.3, 0.4) is 0 Å². The van der Waals surface area contributed by atoms with E-state index >= 15 is 0 Å². The van der Waals surface area contributed by atoms with Gasteiger partial charge in [-0.25, -0.2) is 0 Å². The normalized spacial score (nSPS) is 11.1. The van der Waals surface area contributed by atoms with E-state index < -0.39 is 5.66 Å². The van der Waals surface area contributed by atoms with Crippen molar-refractivity contribution in [3.8, 4) is 0 Å². The van der Waals surface area contributed by atoms with Crippen LogP contribution < -0.4 is 11.5 Å². The quantitative estimate of drug-likeness (QED) is 0.254. The molecule has 1 aromatic carbocycles. The maximum absolute atomic E-state index is 8.31. The molecule has 0 amide bonds. The van der Waals surface area contributed by atoms with E-state index in [1.54, 1.807) is 12.1 Å². The third-order valence-corrected chi connectivity index (χ3v) is 2.88. The number of hydrogen-bond acceptors (Lipinski definition) is 3. The maximum Gasteiger partial charge on any atom is 0.0677 e. The first-order valence-corrected chi connectivity index (χ1v) is 6.29. The van der Waals surface area contributed by atoms with Gasteiger partial charge in [0.15, 0.2) is 0 Å². The van der Waals surface area contributed by atoms with Gasteiger partial charge in [-0.05, 0) is 17.5 Å². The molecule has 0 saturated carbocycles. The first-order valence-electron chi connectivity index (χ1n) is 6.29. The highest BCUT2D eigenvalue weighted by molar-refractivity contribution is 5.38. The van der Waals surface area contributed by atoms with Gasteiger partial charge < -0.3 is 11.5 Å². The van der Waals surface area contributed by atoms with Crippen molar-refractivity contribution >= 4 is 5.69 Å². The van der Waals surface area contributed by atoms with E-state index in [1.807, 2.05) is 12.1 Å². The molecule has 0 spiro atoms. The van der Waals surface area contributed by atoms with E-state index in [1.165, 1.54) is 0 Å². The van der Waals surface area contributed by atoms with E-state index in [0.29, 0.717) is 12.1 Å². The molecule has 0 aliphatic rings. The van der Waals surface area contributed by atoms with Crippen LogP contribution in [0, 0.1) is 0 Å². The van der Waals surface area contributed by atoms with Gasteiger partial charge in [-0.15, -0.1) is 0 Å². The van der Waals surface area contributed by atoms with Crippen molar-refractivity contribution in [1.29, 1.82) is 0 Å². The molecule has 0 unspecified atom stereocenters. The summed E-state index contributed by atoms with van der Waals surface area (Å²) in [6.07, 6.45) is 4.83. The molecule has 5 heteroatoms. The van der Waals surface area contributed by atoms with E-state index in [2.05, 4.69) is 16.9 Å². The summed E-state index contributed by atoms with van der Waals surface area (Å²) in [5, 5.41) is 3.52. The van der Waals surface area contributed by atoms with Crippen molar-refractivity contribution in [2.24, 2.45) is 16.6 Å². The molecular formula is C13H21N5. The van der Waals surface area contributed by atoms with Crippen LogP contribution in [-0.4, -0.2) is 5.66 Å². The lowest BCUT2D eigenvalue weighted by molar-refractivity contribution is 0.387. The van der Waals surface area contributed by atoms with Gasteiger partial charge in [-0.1, -0.05) is 55.6 Å². The van der Waals surface area contributed by atoms with Gasteiger partial charge in [0.25, 0.3) is 0 Å². The second kappa shape index (κ2) is 7.01. The summed E-state index contributed by atoms with van der Waals surface area (Å²) in [5.41, 5.74) is 21.5. The van der Waals surface area contributed by atoms with Gasteiger partial charge in [-0.2, -0.15) is 0 Å². The minimum atomic E-state index is -0.658. The predicted octanol–water partition coefficient (Wildman–Crippen LogP) is 3.36. The smallest absolute Gasteiger partial charge is 0.0677 e. The molecule has 18 heavy (non-hydrogen) atoms. The zero-order chi connectivity index (χ0) is 13.4. The Kier molecular flexibility index (Phi) is 5.65. The van der Waals surface area contributed by atoms with Gasteiger partial charge >= 0.3 is 0 Å². The summed E-state index contributed by atoms with van der Waals surface area (Å²) in [7, 11) is 0. The molecule has 1 rings (SSSR count). The lowest BCUT2D eigenvalue weighted by atomic mass is 9.95. The average Bonchev–Trinajstić information content (AvgIpc) is 2.32. The highest BCUT2D eigenvalue weighted by Crippen LogP contribution is 2.17. The van der Waals surface area contributed by atoms with Crippen LogP contribution in [0.2, 0.25) is 0 Å². The standard InChI is InChI=1S/C13H21N5/c1-2-3-4-9-13(14,15)10-11-5-7-12(8-6-11)17-18-16/h5-8H,2-4,9-10,14-15H2,1H3. The van der Waals surface area contributed by atoms with E-state index in [9.17, 15) is 0 Å². The molecule has 0 heterocycles. The fourth-order valence-electron chi connectivity index (χ4n) is 1.90. The molecule has 0 fully saturated rings. The van der Waals surface area contributed by atoms with Crippen LogP contribution in [0.1, 0.15) is 38.2 Å². The summed E-state index contributed by atoms with van der Waals surface area (Å²) in [6.45, 7) is 2.16. The topological polar surface area (TPSA) is 101 Å². The highest BCUT2D eigenvalue weighted by Gasteiger charge is 2.18. The van der Waals surface area contributed by atoms with E-state index in [4.69, 9.17) is 17.0 Å². The molecule has 0 aliphatic heterocycles. The van der Waals surface area contributed by atoms with Crippen molar-refractivity contribution < 1.29 is 0 Å². The Morgan fingerprint density at radius 3 is 2.44 bits per heavy atom. The number of hydrogen-bond donors (Lipinski definition) is 2. The van der Waals surface area contributed by atoms with Crippen LogP contribution in [0.15, 0.2) is 29.4 Å². The third kappa shape index (κ3) is 5.19. The molecule has 0 bridgehead atoms. The summed E-state index contributed by atoms with van der Waals surface area (Å²) in [5.74, 6) is 0. The first kappa shape index (κ1) is 14.5. The second-order valence-electron chi connectivity index (χ2n) is 4.72. The van der Waals surface area contributed by atoms with Crippen molar-refractivity contribution in [2.45, 2.75) is 44.7 Å². The lowest BCUT2D eigenvalue weighted by Crippen LogP contribution is -2.51. The summed E-state index contributed by atoms with van der Waals surface area (Å²) >= 11 is 0. The number of azide groups is 1. The molecule has 0 aromatic heterocycles. The zero-order valence-corrected chi connectivity index (χ0v) is 10.8. The van der Waals surface area contributed by atoms with Gasteiger partial charge in [0, 0.05) is 17.0 Å². The molecule has 0 aliphatic carbocycles.